The largest absolute Gasteiger partial charge is 0.345 e. The number of nitrogens with one attached hydrogen (secondary N) is 1. The number of unbranched alkanes of at least 4 members (excludes halogenated alkanes) is 2. The van der Waals surface area contributed by atoms with Gasteiger partial charge in [-0.25, -0.2) is 4.98 Å². The van der Waals surface area contributed by atoms with Crippen molar-refractivity contribution in [2.45, 2.75) is 124 Å². The Labute approximate surface area is 151 Å². The van der Waals surface area contributed by atoms with E-state index in [1.54, 1.807) is 0 Å². The lowest BCUT2D eigenvalue weighted by Gasteiger charge is -2.30. The van der Waals surface area contributed by atoms with E-state index in [1.807, 2.05) is 0 Å². The minimum absolute atomic E-state index is 0.133. The minimum Gasteiger partial charge on any atom is -0.345 e. The number of aromatic amines is 1. The number of imidazole rings is 1. The van der Waals surface area contributed by atoms with Crippen LogP contribution >= 0.6 is 0 Å². The Morgan fingerprint density at radius 1 is 0.792 bits per heavy atom. The van der Waals surface area contributed by atoms with Crippen LogP contribution in [0.5, 0.6) is 0 Å². The van der Waals surface area contributed by atoms with Crippen molar-refractivity contribution in [1.29, 1.82) is 0 Å². The van der Waals surface area contributed by atoms with Crippen molar-refractivity contribution in [3.8, 4) is 0 Å². The summed E-state index contributed by atoms with van der Waals surface area (Å²) < 4.78 is 0. The highest BCUT2D eigenvalue weighted by atomic mass is 15.0. The second kappa shape index (κ2) is 8.06. The summed E-state index contributed by atoms with van der Waals surface area (Å²) in [6.45, 7) is 20.9. The van der Waals surface area contributed by atoms with E-state index >= 15 is 0 Å². The third-order valence-corrected chi connectivity index (χ3v) is 6.44. The Kier molecular flexibility index (Phi) is 7.14. The number of aromatic nitrogens is 2. The van der Waals surface area contributed by atoms with Crippen LogP contribution < -0.4 is 0 Å². The van der Waals surface area contributed by atoms with Gasteiger partial charge in [0.1, 0.15) is 5.82 Å². The van der Waals surface area contributed by atoms with Gasteiger partial charge in [-0.1, -0.05) is 81.6 Å². The monoisotopic (exact) mass is 334 g/mol. The fraction of sp³-hybridized carbons (Fsp3) is 0.864. The maximum Gasteiger partial charge on any atom is 0.112 e. The van der Waals surface area contributed by atoms with E-state index < -0.39 is 0 Å². The van der Waals surface area contributed by atoms with Gasteiger partial charge in [-0.05, 0) is 25.7 Å². The average molecular weight is 335 g/mol. The zero-order valence-electron chi connectivity index (χ0n) is 17.9. The van der Waals surface area contributed by atoms with Crippen LogP contribution in [0.2, 0.25) is 0 Å². The van der Waals surface area contributed by atoms with Crippen LogP contribution in [0.15, 0.2) is 0 Å². The Balaban J connectivity index is 3.38. The van der Waals surface area contributed by atoms with Crippen molar-refractivity contribution in [3.63, 3.8) is 0 Å². The molecular formula is C22H42N2. The predicted molar refractivity (Wildman–Crippen MR) is 107 cm³/mol. The molecule has 0 saturated carbocycles. The summed E-state index contributed by atoms with van der Waals surface area (Å²) in [5.74, 6) is 1.20. The standard InChI is InChI=1S/C22H42N2/c1-10-14-15-16-21(7,8)18-17(20(5,6)11-2)23-19(24-18)22(9,12-3)13-4/h10-16H2,1-9H3,(H,23,24). The molecule has 1 heterocycles. The summed E-state index contributed by atoms with van der Waals surface area (Å²) in [4.78, 5) is 9.03. The van der Waals surface area contributed by atoms with Crippen LogP contribution in [0.3, 0.4) is 0 Å². The molecule has 2 heteroatoms. The van der Waals surface area contributed by atoms with Gasteiger partial charge in [-0.3, -0.25) is 0 Å². The van der Waals surface area contributed by atoms with Gasteiger partial charge in [-0.15, -0.1) is 0 Å². The first-order valence-corrected chi connectivity index (χ1v) is 10.2. The van der Waals surface area contributed by atoms with Gasteiger partial charge in [-0.2, -0.15) is 0 Å². The zero-order valence-corrected chi connectivity index (χ0v) is 17.9. The van der Waals surface area contributed by atoms with E-state index in [-0.39, 0.29) is 16.2 Å². The molecule has 0 saturated heterocycles. The summed E-state index contributed by atoms with van der Waals surface area (Å²) in [5, 5.41) is 0. The van der Waals surface area contributed by atoms with Crippen molar-refractivity contribution in [2.24, 2.45) is 0 Å². The summed E-state index contributed by atoms with van der Waals surface area (Å²) in [6.07, 6.45) is 8.47. The highest BCUT2D eigenvalue weighted by Crippen LogP contribution is 2.40. The highest BCUT2D eigenvalue weighted by Gasteiger charge is 2.36. The molecule has 24 heavy (non-hydrogen) atoms. The van der Waals surface area contributed by atoms with Gasteiger partial charge in [0, 0.05) is 21.9 Å². The van der Waals surface area contributed by atoms with Crippen molar-refractivity contribution in [3.05, 3.63) is 17.2 Å². The van der Waals surface area contributed by atoms with E-state index in [4.69, 9.17) is 4.98 Å². The number of hydrogen-bond donors (Lipinski definition) is 1. The van der Waals surface area contributed by atoms with Crippen molar-refractivity contribution in [1.82, 2.24) is 9.97 Å². The SMILES string of the molecule is CCCCCC(C)(C)c1nc(C(C)(CC)CC)[nH]c1C(C)(C)CC. The van der Waals surface area contributed by atoms with E-state index in [1.165, 1.54) is 42.9 Å². The predicted octanol–water partition coefficient (Wildman–Crippen LogP) is 7.03. The van der Waals surface area contributed by atoms with Gasteiger partial charge in [0.05, 0.1) is 5.69 Å². The van der Waals surface area contributed by atoms with Crippen LogP contribution in [0, 0.1) is 0 Å². The first kappa shape index (κ1) is 21.3. The summed E-state index contributed by atoms with van der Waals surface area (Å²) in [7, 11) is 0. The molecule has 0 amide bonds. The number of nitrogens with zero attached hydrogens (tertiary/aromatic N) is 1. The zero-order chi connectivity index (χ0) is 18.6. The number of H-pyrrole nitrogens is 1. The maximum absolute atomic E-state index is 5.23. The van der Waals surface area contributed by atoms with Gasteiger partial charge < -0.3 is 4.98 Å². The Bertz CT molecular complexity index is 504. The lowest BCUT2D eigenvalue weighted by atomic mass is 9.76. The van der Waals surface area contributed by atoms with E-state index in [0.717, 1.165) is 19.3 Å². The summed E-state index contributed by atoms with van der Waals surface area (Å²) >= 11 is 0. The maximum atomic E-state index is 5.23. The van der Waals surface area contributed by atoms with Gasteiger partial charge >= 0.3 is 0 Å². The second-order valence-electron chi connectivity index (χ2n) is 9.16. The third kappa shape index (κ3) is 4.43. The van der Waals surface area contributed by atoms with Crippen LogP contribution in [0.25, 0.3) is 0 Å². The first-order chi connectivity index (χ1) is 11.1. The molecule has 0 aliphatic heterocycles. The van der Waals surface area contributed by atoms with Crippen molar-refractivity contribution >= 4 is 0 Å². The molecule has 0 spiro atoms. The molecule has 2 nitrogen and oxygen atoms in total. The quantitative estimate of drug-likeness (QED) is 0.457. The molecule has 0 fully saturated rings. The Morgan fingerprint density at radius 2 is 1.38 bits per heavy atom. The molecule has 0 aliphatic rings. The van der Waals surface area contributed by atoms with E-state index in [9.17, 15) is 0 Å². The molecule has 1 aromatic heterocycles. The second-order valence-corrected chi connectivity index (χ2v) is 9.16. The van der Waals surface area contributed by atoms with Gasteiger partial charge in [0.25, 0.3) is 0 Å². The van der Waals surface area contributed by atoms with Gasteiger partial charge in [0.2, 0.25) is 0 Å². The highest BCUT2D eigenvalue weighted by molar-refractivity contribution is 5.31. The van der Waals surface area contributed by atoms with Crippen molar-refractivity contribution < 1.29 is 0 Å². The van der Waals surface area contributed by atoms with E-state index in [0.29, 0.717) is 0 Å². The fourth-order valence-corrected chi connectivity index (χ4v) is 3.34. The molecule has 0 aliphatic carbocycles. The molecule has 0 bridgehead atoms. The average Bonchev–Trinajstić information content (AvgIpc) is 3.02. The van der Waals surface area contributed by atoms with Gasteiger partial charge in [0.15, 0.2) is 0 Å². The number of rotatable bonds is 10. The molecule has 0 unspecified atom stereocenters. The lowest BCUT2D eigenvalue weighted by Crippen LogP contribution is -2.26. The van der Waals surface area contributed by atoms with Crippen LogP contribution in [0.1, 0.15) is 124 Å². The normalized spacial score (nSPS) is 13.5. The summed E-state index contributed by atoms with van der Waals surface area (Å²) in [5.41, 5.74) is 3.11. The minimum atomic E-state index is 0.133. The Morgan fingerprint density at radius 3 is 1.83 bits per heavy atom. The molecule has 1 aromatic rings. The van der Waals surface area contributed by atoms with Crippen LogP contribution in [0.4, 0.5) is 0 Å². The van der Waals surface area contributed by atoms with Crippen molar-refractivity contribution in [2.75, 3.05) is 0 Å². The first-order valence-electron chi connectivity index (χ1n) is 10.2. The Hall–Kier alpha value is -0.790. The molecule has 1 N–H and O–H groups in total. The molecule has 1 rings (SSSR count). The molecule has 0 aromatic carbocycles. The van der Waals surface area contributed by atoms with Crippen LogP contribution in [-0.4, -0.2) is 9.97 Å². The fourth-order valence-electron chi connectivity index (χ4n) is 3.34. The third-order valence-electron chi connectivity index (χ3n) is 6.44. The molecule has 0 radical (unpaired) electrons. The van der Waals surface area contributed by atoms with E-state index in [2.05, 4.69) is 67.3 Å². The lowest BCUT2D eigenvalue weighted by molar-refractivity contribution is 0.406. The summed E-state index contributed by atoms with van der Waals surface area (Å²) in [6, 6.07) is 0. The topological polar surface area (TPSA) is 28.7 Å². The molecule has 140 valence electrons. The molecule has 0 atom stereocenters. The molecular weight excluding hydrogens is 292 g/mol. The van der Waals surface area contributed by atoms with Crippen LogP contribution in [-0.2, 0) is 16.2 Å². The number of hydrogen-bond acceptors (Lipinski definition) is 1. The smallest absolute Gasteiger partial charge is 0.112 e.